The second-order valence-electron chi connectivity index (χ2n) is 8.97. The van der Waals surface area contributed by atoms with E-state index >= 15 is 0 Å². The highest BCUT2D eigenvalue weighted by molar-refractivity contribution is 7.89. The molecule has 2 atom stereocenters. The van der Waals surface area contributed by atoms with Gasteiger partial charge in [0, 0.05) is 31.2 Å². The van der Waals surface area contributed by atoms with Gasteiger partial charge in [-0.15, -0.1) is 5.10 Å². The number of benzene rings is 1. The Balaban J connectivity index is 1.37. The molecule has 2 fully saturated rings. The topological polar surface area (TPSA) is 84.4 Å². The lowest BCUT2D eigenvalue weighted by atomic mass is 9.82. The number of nitrogens with zero attached hydrogens (tertiary/aromatic N) is 3. The van der Waals surface area contributed by atoms with Gasteiger partial charge in [0.15, 0.2) is 5.82 Å². The van der Waals surface area contributed by atoms with Crippen LogP contribution >= 0.6 is 0 Å². The predicted molar refractivity (Wildman–Crippen MR) is 122 cm³/mol. The number of rotatable bonds is 8. The van der Waals surface area contributed by atoms with Crippen LogP contribution in [0.5, 0.6) is 0 Å². The summed E-state index contributed by atoms with van der Waals surface area (Å²) in [7, 11) is -4.71. The minimum absolute atomic E-state index is 0.0101. The molecule has 7 nitrogen and oxygen atoms in total. The number of nitrogens with one attached hydrogen (secondary N) is 1. The molecule has 34 heavy (non-hydrogen) atoms. The van der Waals surface area contributed by atoms with Crippen molar-refractivity contribution in [1.29, 1.82) is 0 Å². The Kier molecular flexibility index (Phi) is 8.05. The number of halogens is 3. The number of hydrogen-bond acceptors (Lipinski definition) is 6. The second kappa shape index (κ2) is 11.0. The molecule has 1 aromatic heterocycles. The van der Waals surface area contributed by atoms with Crippen LogP contribution in [0, 0.1) is 11.7 Å². The summed E-state index contributed by atoms with van der Waals surface area (Å²) in [6, 6.07) is 9.59. The van der Waals surface area contributed by atoms with E-state index in [0.29, 0.717) is 25.3 Å². The Bertz CT molecular complexity index is 1040. The lowest BCUT2D eigenvalue weighted by Crippen LogP contribution is -2.53. The van der Waals surface area contributed by atoms with E-state index in [-0.39, 0.29) is 30.4 Å². The average Bonchev–Trinajstić information content (AvgIpc) is 2.84. The Morgan fingerprint density at radius 3 is 2.59 bits per heavy atom. The van der Waals surface area contributed by atoms with E-state index in [9.17, 15) is 21.6 Å². The van der Waals surface area contributed by atoms with Crippen LogP contribution in [0.15, 0.2) is 42.6 Å². The van der Waals surface area contributed by atoms with Crippen molar-refractivity contribution >= 4 is 15.8 Å². The van der Waals surface area contributed by atoms with Gasteiger partial charge < -0.3 is 9.64 Å². The summed E-state index contributed by atoms with van der Waals surface area (Å²) in [5, 5.41) is 7.99. The molecule has 1 aromatic carbocycles. The van der Waals surface area contributed by atoms with E-state index in [2.05, 4.69) is 14.9 Å². The van der Waals surface area contributed by atoms with Gasteiger partial charge in [0.2, 0.25) is 0 Å². The van der Waals surface area contributed by atoms with Gasteiger partial charge in [0.1, 0.15) is 5.82 Å². The van der Waals surface area contributed by atoms with Gasteiger partial charge in [0.25, 0.3) is 10.0 Å². The van der Waals surface area contributed by atoms with E-state index in [1.54, 1.807) is 24.4 Å². The second-order valence-corrected chi connectivity index (χ2v) is 10.7. The summed E-state index contributed by atoms with van der Waals surface area (Å²) >= 11 is 0. The standard InChI is InChI=1S/C23H29F3N4O3S/c24-19-4-1-3-17(13-19)16-6-8-20(9-7-16)33-15-18-14-30(22-5-2-11-27-28-22)12-10-21(18)29-34(31,32)23(25)26/h1-5,11,13,16,18,20-21,23,29H,6-10,12,14-15H2/t16-,18-,20+,21-/m0/s1. The summed E-state index contributed by atoms with van der Waals surface area (Å²) in [5.41, 5.74) is 0.992. The van der Waals surface area contributed by atoms with Crippen molar-refractivity contribution in [2.75, 3.05) is 24.6 Å². The van der Waals surface area contributed by atoms with E-state index in [0.717, 1.165) is 31.2 Å². The number of sulfonamides is 1. The molecule has 0 unspecified atom stereocenters. The van der Waals surface area contributed by atoms with Crippen LogP contribution in [-0.4, -0.2) is 56.2 Å². The molecule has 1 N–H and O–H groups in total. The Morgan fingerprint density at radius 1 is 1.12 bits per heavy atom. The third-order valence-corrected chi connectivity index (χ3v) is 7.81. The van der Waals surface area contributed by atoms with Crippen molar-refractivity contribution < 1.29 is 26.3 Å². The van der Waals surface area contributed by atoms with E-state index in [4.69, 9.17) is 4.74 Å². The molecular weight excluding hydrogens is 469 g/mol. The van der Waals surface area contributed by atoms with Gasteiger partial charge in [0.05, 0.1) is 12.7 Å². The highest BCUT2D eigenvalue weighted by Gasteiger charge is 2.36. The van der Waals surface area contributed by atoms with Crippen molar-refractivity contribution in [3.05, 3.63) is 54.0 Å². The zero-order chi connectivity index (χ0) is 24.1. The summed E-state index contributed by atoms with van der Waals surface area (Å²) in [6.45, 7) is 1.11. The molecule has 11 heteroatoms. The van der Waals surface area contributed by atoms with Crippen molar-refractivity contribution in [2.24, 2.45) is 5.92 Å². The molecule has 0 bridgehead atoms. The maximum atomic E-state index is 13.6. The van der Waals surface area contributed by atoms with Crippen LogP contribution in [0.25, 0.3) is 0 Å². The summed E-state index contributed by atoms with van der Waals surface area (Å²) in [6.07, 6.45) is 5.24. The quantitative estimate of drug-likeness (QED) is 0.598. The molecule has 4 rings (SSSR count). The van der Waals surface area contributed by atoms with Crippen LogP contribution in [-0.2, 0) is 14.8 Å². The number of aromatic nitrogens is 2. The Labute approximate surface area is 197 Å². The van der Waals surface area contributed by atoms with Gasteiger partial charge in [-0.05, 0) is 67.9 Å². The summed E-state index contributed by atoms with van der Waals surface area (Å²) < 4.78 is 71.5. The van der Waals surface area contributed by atoms with Crippen molar-refractivity contribution in [1.82, 2.24) is 14.9 Å². The van der Waals surface area contributed by atoms with Crippen molar-refractivity contribution in [3.8, 4) is 0 Å². The fourth-order valence-corrected chi connectivity index (χ4v) is 5.71. The molecule has 0 radical (unpaired) electrons. The Hall–Kier alpha value is -2.24. The first-order valence-electron chi connectivity index (χ1n) is 11.5. The monoisotopic (exact) mass is 498 g/mol. The molecule has 186 valence electrons. The molecule has 2 aromatic rings. The molecule has 0 amide bonds. The van der Waals surface area contributed by atoms with Crippen LogP contribution in [0.1, 0.15) is 43.6 Å². The van der Waals surface area contributed by atoms with Gasteiger partial charge in [-0.2, -0.15) is 13.9 Å². The van der Waals surface area contributed by atoms with Crippen molar-refractivity contribution in [3.63, 3.8) is 0 Å². The molecule has 1 saturated carbocycles. The van der Waals surface area contributed by atoms with Gasteiger partial charge in [-0.3, -0.25) is 0 Å². The van der Waals surface area contributed by atoms with E-state index in [1.807, 2.05) is 17.0 Å². The van der Waals surface area contributed by atoms with E-state index in [1.165, 1.54) is 6.07 Å². The average molecular weight is 499 g/mol. The molecular formula is C23H29F3N4O3S. The zero-order valence-corrected chi connectivity index (χ0v) is 19.5. The number of hydrogen-bond donors (Lipinski definition) is 1. The van der Waals surface area contributed by atoms with Crippen LogP contribution < -0.4 is 9.62 Å². The highest BCUT2D eigenvalue weighted by Crippen LogP contribution is 2.35. The predicted octanol–water partition coefficient (Wildman–Crippen LogP) is 3.70. The van der Waals surface area contributed by atoms with Crippen LogP contribution in [0.4, 0.5) is 19.0 Å². The normalized spacial score (nSPS) is 26.1. The first-order valence-corrected chi connectivity index (χ1v) is 13.1. The number of ether oxygens (including phenoxy) is 1. The van der Waals surface area contributed by atoms with Gasteiger partial charge in [-0.1, -0.05) is 12.1 Å². The fourth-order valence-electron chi connectivity index (χ4n) is 4.87. The van der Waals surface area contributed by atoms with Gasteiger partial charge >= 0.3 is 5.76 Å². The molecule has 0 spiro atoms. The molecule has 2 aliphatic rings. The van der Waals surface area contributed by atoms with Crippen LogP contribution in [0.3, 0.4) is 0 Å². The molecule has 2 heterocycles. The van der Waals surface area contributed by atoms with E-state index < -0.39 is 21.8 Å². The highest BCUT2D eigenvalue weighted by atomic mass is 32.2. The molecule has 1 saturated heterocycles. The maximum Gasteiger partial charge on any atom is 0.350 e. The van der Waals surface area contributed by atoms with Crippen LogP contribution in [0.2, 0.25) is 0 Å². The Morgan fingerprint density at radius 2 is 1.91 bits per heavy atom. The SMILES string of the molecule is O=S(=O)(N[C@H]1CCN(c2cccnn2)C[C@H]1CO[C@H]1CC[C@@H](c2cccc(F)c2)CC1)C(F)F. The fraction of sp³-hybridized carbons (Fsp3) is 0.565. The lowest BCUT2D eigenvalue weighted by Gasteiger charge is -2.40. The summed E-state index contributed by atoms with van der Waals surface area (Å²) in [5.74, 6) is -3.12. The minimum Gasteiger partial charge on any atom is -0.378 e. The summed E-state index contributed by atoms with van der Waals surface area (Å²) in [4.78, 5) is 1.97. The number of anilines is 1. The minimum atomic E-state index is -4.71. The third kappa shape index (κ3) is 6.25. The lowest BCUT2D eigenvalue weighted by molar-refractivity contribution is -0.00229. The smallest absolute Gasteiger partial charge is 0.350 e. The largest absolute Gasteiger partial charge is 0.378 e. The molecule has 1 aliphatic carbocycles. The number of piperidine rings is 1. The van der Waals surface area contributed by atoms with Gasteiger partial charge in [-0.25, -0.2) is 17.5 Å². The maximum absolute atomic E-state index is 13.6. The first kappa shape index (κ1) is 24.9. The number of alkyl halides is 2. The van der Waals surface area contributed by atoms with Crippen molar-refractivity contribution in [2.45, 2.75) is 55.9 Å². The first-order chi connectivity index (χ1) is 16.3. The molecule has 1 aliphatic heterocycles. The zero-order valence-electron chi connectivity index (χ0n) is 18.7. The third-order valence-electron chi connectivity index (χ3n) is 6.71.